The van der Waals surface area contributed by atoms with E-state index in [0.717, 1.165) is 55.5 Å². The normalized spacial score (nSPS) is 12.9. The number of unbranched alkanes of at least 4 members (excludes halogenated alkanes) is 29. The van der Waals surface area contributed by atoms with Crippen molar-refractivity contribution in [1.82, 2.24) is 0 Å². The van der Waals surface area contributed by atoms with Crippen molar-refractivity contribution < 1.29 is 21.2 Å². The molecule has 3 rings (SSSR count). The average Bonchev–Trinajstić information content (AvgIpc) is 3.53. The van der Waals surface area contributed by atoms with E-state index in [1.165, 1.54) is 227 Å². The van der Waals surface area contributed by atoms with Crippen LogP contribution in [0, 0.1) is 0 Å². The topological polar surface area (TPSA) is 25.3 Å². The van der Waals surface area contributed by atoms with Gasteiger partial charge >= 0.3 is 0 Å². The summed E-state index contributed by atoms with van der Waals surface area (Å²) in [4.78, 5) is 0. The molecule has 0 bridgehead atoms. The third-order valence-electron chi connectivity index (χ3n) is 13.2. The van der Waals surface area contributed by atoms with E-state index in [1.54, 1.807) is 4.70 Å². The first-order chi connectivity index (χ1) is 29.1. The van der Waals surface area contributed by atoms with Crippen LogP contribution < -0.4 is 0 Å². The van der Waals surface area contributed by atoms with Gasteiger partial charge in [-0.1, -0.05) is 238 Å². The van der Waals surface area contributed by atoms with Gasteiger partial charge in [0.25, 0.3) is 0 Å². The van der Waals surface area contributed by atoms with Gasteiger partial charge in [-0.05, 0) is 86.8 Å². The van der Waals surface area contributed by atoms with Crippen LogP contribution in [0.25, 0.3) is 16.9 Å². The maximum atomic E-state index is 12.2. The van der Waals surface area contributed by atoms with Crippen molar-refractivity contribution in [3.8, 4) is 0 Å². The van der Waals surface area contributed by atoms with E-state index in [4.69, 9.17) is 0 Å². The second-order valence-corrected chi connectivity index (χ2v) is 18.6. The van der Waals surface area contributed by atoms with Crippen LogP contribution >= 0.6 is 0 Å². The maximum Gasteiger partial charge on any atom is 0.211 e. The standard InChI is InChI=1S/C57H94N2.Ni/c1-5-9-13-15-17-18-19-20-21-22-23-24-25-26-27-28-29-30-31-32-33-35-37-44-55-54(43-12-8-4)57(53-42-38-41-51(49-53)40-36-34-16-14-10-6-2)59(58)56(55)52-47-45-50(46-48-52)39-11-7-3;/h38,41-42,45-49H,5-37,39-40,43-44H2,1-4H3;. The van der Waals surface area contributed by atoms with Crippen molar-refractivity contribution in [2.45, 2.75) is 265 Å². The van der Waals surface area contributed by atoms with E-state index >= 15 is 0 Å². The van der Waals surface area contributed by atoms with Crippen LogP contribution in [0.4, 0.5) is 0 Å². The summed E-state index contributed by atoms with van der Waals surface area (Å²) in [6, 6.07) is 18.3. The predicted molar refractivity (Wildman–Crippen MR) is 262 cm³/mol. The Labute approximate surface area is 383 Å². The number of nitrogens with zero attached hydrogens (tertiary/aromatic N) is 2. The van der Waals surface area contributed by atoms with Gasteiger partial charge in [0.05, 0.1) is 0 Å². The summed E-state index contributed by atoms with van der Waals surface area (Å²) < 4.78 is 1.60. The molecule has 0 aromatic heterocycles. The van der Waals surface area contributed by atoms with Crippen molar-refractivity contribution in [2.24, 2.45) is 0 Å². The predicted octanol–water partition coefficient (Wildman–Crippen LogP) is 19.7. The Morgan fingerprint density at radius 2 is 0.667 bits per heavy atom. The molecule has 342 valence electrons. The minimum absolute atomic E-state index is 0. The van der Waals surface area contributed by atoms with Crippen LogP contribution in [0.15, 0.2) is 59.7 Å². The number of rotatable bonds is 39. The number of benzene rings is 2. The molecule has 2 nitrogen and oxygen atoms in total. The number of hydrogen-bond acceptors (Lipinski definition) is 0. The van der Waals surface area contributed by atoms with Crippen LogP contribution in [-0.2, 0) is 29.3 Å². The van der Waals surface area contributed by atoms with E-state index in [9.17, 15) is 5.53 Å². The first-order valence-electron chi connectivity index (χ1n) is 26.3. The molecule has 2 aromatic carbocycles. The van der Waals surface area contributed by atoms with Crippen LogP contribution in [-0.4, -0.2) is 4.70 Å². The van der Waals surface area contributed by atoms with Crippen LogP contribution in [0.5, 0.6) is 0 Å². The van der Waals surface area contributed by atoms with Gasteiger partial charge in [0.1, 0.15) is 0 Å². The monoisotopic (exact) mass is 865 g/mol. The van der Waals surface area contributed by atoms with E-state index in [2.05, 4.69) is 76.2 Å². The van der Waals surface area contributed by atoms with Crippen molar-refractivity contribution in [3.63, 3.8) is 0 Å². The van der Waals surface area contributed by atoms with E-state index < -0.39 is 0 Å². The van der Waals surface area contributed by atoms with E-state index in [-0.39, 0.29) is 16.5 Å². The van der Waals surface area contributed by atoms with Crippen molar-refractivity contribution >= 4 is 11.4 Å². The summed E-state index contributed by atoms with van der Waals surface area (Å²) in [7, 11) is 0. The van der Waals surface area contributed by atoms with Crippen LogP contribution in [0.2, 0.25) is 0 Å². The molecule has 1 heterocycles. The third kappa shape index (κ3) is 22.4. The fourth-order valence-corrected chi connectivity index (χ4v) is 9.42. The Bertz CT molecular complexity index is 1420. The molecular weight excluding hydrogens is 771 g/mol. The Kier molecular flexibility index (Phi) is 32.9. The second-order valence-electron chi connectivity index (χ2n) is 18.6. The minimum atomic E-state index is 0. The molecule has 0 aliphatic carbocycles. The fraction of sp³-hybridized carbons (Fsp3) is 0.719. The van der Waals surface area contributed by atoms with Gasteiger partial charge in [0.2, 0.25) is 11.4 Å². The van der Waals surface area contributed by atoms with Crippen molar-refractivity contribution in [1.29, 1.82) is 0 Å². The summed E-state index contributed by atoms with van der Waals surface area (Å²) in [5.74, 6) is 0. The molecule has 3 heteroatoms. The zero-order valence-electron chi connectivity index (χ0n) is 40.0. The van der Waals surface area contributed by atoms with Crippen molar-refractivity contribution in [2.75, 3.05) is 0 Å². The molecule has 0 saturated heterocycles. The van der Waals surface area contributed by atoms with Crippen molar-refractivity contribution in [3.05, 3.63) is 87.5 Å². The molecule has 0 fully saturated rings. The molecule has 0 radical (unpaired) electrons. The third-order valence-corrected chi connectivity index (χ3v) is 13.2. The van der Waals surface area contributed by atoms with E-state index in [0.29, 0.717) is 0 Å². The van der Waals surface area contributed by atoms with Gasteiger partial charge in [-0.25, -0.2) is 4.70 Å². The smallest absolute Gasteiger partial charge is 0.211 e. The van der Waals surface area contributed by atoms with Gasteiger partial charge in [-0.15, -0.1) is 0 Å². The Balaban J connectivity index is 0.0000124. The summed E-state index contributed by atoms with van der Waals surface area (Å²) in [5, 5.41) is 0. The van der Waals surface area contributed by atoms with Gasteiger partial charge in [-0.3, -0.25) is 0 Å². The quantitative estimate of drug-likeness (QED) is 0.0363. The molecule has 2 aromatic rings. The summed E-state index contributed by atoms with van der Waals surface area (Å²) in [6.45, 7) is 9.17. The minimum Gasteiger partial charge on any atom is -0.493 e. The Morgan fingerprint density at radius 1 is 0.333 bits per heavy atom. The van der Waals surface area contributed by atoms with Gasteiger partial charge in [0.15, 0.2) is 0 Å². The molecule has 0 unspecified atom stereocenters. The Morgan fingerprint density at radius 3 is 1.10 bits per heavy atom. The molecule has 0 saturated carbocycles. The van der Waals surface area contributed by atoms with Gasteiger partial charge < -0.3 is 5.53 Å². The van der Waals surface area contributed by atoms with Gasteiger partial charge in [-0.2, -0.15) is 0 Å². The zero-order valence-corrected chi connectivity index (χ0v) is 41.0. The average molecular weight is 866 g/mol. The maximum absolute atomic E-state index is 12.2. The molecule has 60 heavy (non-hydrogen) atoms. The van der Waals surface area contributed by atoms with Crippen LogP contribution in [0.3, 0.4) is 0 Å². The first kappa shape index (κ1) is 54.1. The van der Waals surface area contributed by atoms with Gasteiger partial charge in [0, 0.05) is 38.8 Å². The van der Waals surface area contributed by atoms with E-state index in [1.807, 2.05) is 0 Å². The second kappa shape index (κ2) is 36.5. The molecule has 1 aliphatic rings. The summed E-state index contributed by atoms with van der Waals surface area (Å²) in [5.41, 5.74) is 22.2. The van der Waals surface area contributed by atoms with Crippen LogP contribution in [0.1, 0.15) is 275 Å². The SMILES string of the molecule is CCCCCCCCCCCCCCCCCCCCCCCCCC1=C(c2ccc(CCCC)cc2)[N+](=[N-])C(c2cccc(CCCCCCCC)c2)=C1CCCC.[Ni]. The number of allylic oxidation sites excluding steroid dienone is 2. The molecule has 0 amide bonds. The molecule has 0 atom stereocenters. The summed E-state index contributed by atoms with van der Waals surface area (Å²) in [6.07, 6.45) is 49.6. The molecule has 1 aliphatic heterocycles. The molecular formula is C57H94N2Ni. The first-order valence-corrected chi connectivity index (χ1v) is 26.3. The largest absolute Gasteiger partial charge is 0.493 e. The zero-order chi connectivity index (χ0) is 42.0. The summed E-state index contributed by atoms with van der Waals surface area (Å²) >= 11 is 0. The molecule has 0 N–H and O–H groups in total. The number of aryl methyl sites for hydroxylation is 2. The number of hydrogen-bond donors (Lipinski definition) is 0. The molecule has 0 spiro atoms. The fourth-order valence-electron chi connectivity index (χ4n) is 9.42. The Hall–Kier alpha value is -1.99.